The van der Waals surface area contributed by atoms with Crippen LogP contribution in [-0.4, -0.2) is 113 Å². The van der Waals surface area contributed by atoms with Crippen molar-refractivity contribution < 1.29 is 4.74 Å². The fourth-order valence-electron chi connectivity index (χ4n) is 2.70. The molecule has 3 aliphatic heterocycles. The van der Waals surface area contributed by atoms with E-state index in [2.05, 4.69) is 54.7 Å². The first-order valence-electron chi connectivity index (χ1n) is 9.29. The number of piperazine rings is 1. The Hall–Kier alpha value is -0.200. The van der Waals surface area contributed by atoms with E-state index < -0.39 is 0 Å². The van der Waals surface area contributed by atoms with Crippen LogP contribution in [0.3, 0.4) is 0 Å². The van der Waals surface area contributed by atoms with E-state index in [-0.39, 0.29) is 0 Å². The normalized spacial score (nSPS) is 26.0. The largest absolute Gasteiger partial charge is 0.379 e. The average molecular weight is 329 g/mol. The summed E-state index contributed by atoms with van der Waals surface area (Å²) in [5.74, 6) is 0.978. The van der Waals surface area contributed by atoms with Crippen molar-refractivity contribution in [1.29, 1.82) is 0 Å². The van der Waals surface area contributed by atoms with E-state index in [9.17, 15) is 0 Å². The highest BCUT2D eigenvalue weighted by molar-refractivity contribution is 4.65. The van der Waals surface area contributed by atoms with Gasteiger partial charge in [0.2, 0.25) is 0 Å². The number of rotatable bonds is 0. The van der Waals surface area contributed by atoms with Crippen LogP contribution >= 0.6 is 0 Å². The standard InChI is InChI=1S/C7H15N.C6H14N2.C5H11NO/c2*1-7-3-5-8(2)6-4-7;1-6-2-4-7-5-3-6/h7H,3-6H2,1-2H3;3-6H2,1-2H3;2-5H2,1H3. The van der Waals surface area contributed by atoms with Crippen molar-refractivity contribution in [2.75, 3.05) is 93.8 Å². The fourth-order valence-corrected chi connectivity index (χ4v) is 2.70. The predicted octanol–water partition coefficient (Wildman–Crippen LogP) is 1.16. The summed E-state index contributed by atoms with van der Waals surface area (Å²) in [6.07, 6.45) is 2.80. The lowest BCUT2D eigenvalue weighted by Crippen LogP contribution is -2.42. The van der Waals surface area contributed by atoms with E-state index in [1.807, 2.05) is 0 Å². The molecule has 5 heteroatoms. The predicted molar refractivity (Wildman–Crippen MR) is 99.2 cm³/mol. The summed E-state index contributed by atoms with van der Waals surface area (Å²) in [5, 5.41) is 0. The highest BCUT2D eigenvalue weighted by atomic mass is 16.5. The maximum Gasteiger partial charge on any atom is 0.0594 e. The van der Waals surface area contributed by atoms with Crippen molar-refractivity contribution in [3.8, 4) is 0 Å². The smallest absolute Gasteiger partial charge is 0.0594 e. The molecule has 0 aromatic rings. The van der Waals surface area contributed by atoms with Crippen LogP contribution in [0.25, 0.3) is 0 Å². The van der Waals surface area contributed by atoms with Crippen molar-refractivity contribution >= 4 is 0 Å². The van der Waals surface area contributed by atoms with Gasteiger partial charge in [0.25, 0.3) is 0 Å². The molecule has 0 aromatic heterocycles. The van der Waals surface area contributed by atoms with Crippen molar-refractivity contribution in [2.45, 2.75) is 19.8 Å². The Balaban J connectivity index is 0.000000173. The molecule has 0 atom stereocenters. The van der Waals surface area contributed by atoms with Gasteiger partial charge in [0.15, 0.2) is 0 Å². The molecule has 5 nitrogen and oxygen atoms in total. The van der Waals surface area contributed by atoms with E-state index in [1.165, 1.54) is 52.1 Å². The number of hydrogen-bond donors (Lipinski definition) is 0. The van der Waals surface area contributed by atoms with Crippen LogP contribution in [0.5, 0.6) is 0 Å². The Morgan fingerprint density at radius 2 is 0.913 bits per heavy atom. The van der Waals surface area contributed by atoms with Gasteiger partial charge >= 0.3 is 0 Å². The van der Waals surface area contributed by atoms with Crippen LogP contribution in [0.4, 0.5) is 0 Å². The molecule has 23 heavy (non-hydrogen) atoms. The molecule has 0 amide bonds. The highest BCUT2D eigenvalue weighted by Crippen LogP contribution is 2.13. The van der Waals surface area contributed by atoms with E-state index in [4.69, 9.17) is 4.74 Å². The van der Waals surface area contributed by atoms with Crippen LogP contribution in [-0.2, 0) is 4.74 Å². The summed E-state index contributed by atoms with van der Waals surface area (Å²) in [4.78, 5) is 9.39. The van der Waals surface area contributed by atoms with Crippen LogP contribution in [0, 0.1) is 5.92 Å². The fraction of sp³-hybridized carbons (Fsp3) is 1.00. The zero-order valence-electron chi connectivity index (χ0n) is 16.3. The lowest BCUT2D eigenvalue weighted by atomic mass is 10.00. The van der Waals surface area contributed by atoms with E-state index in [1.54, 1.807) is 0 Å². The van der Waals surface area contributed by atoms with Crippen molar-refractivity contribution in [2.24, 2.45) is 5.92 Å². The molecule has 0 aromatic carbocycles. The average Bonchev–Trinajstić information content (AvgIpc) is 2.55. The Morgan fingerprint density at radius 3 is 1.22 bits per heavy atom. The van der Waals surface area contributed by atoms with Gasteiger partial charge in [0.05, 0.1) is 13.2 Å². The van der Waals surface area contributed by atoms with Gasteiger partial charge in [-0.3, -0.25) is 0 Å². The van der Waals surface area contributed by atoms with Crippen LogP contribution in [0.2, 0.25) is 0 Å². The molecule has 0 radical (unpaired) electrons. The highest BCUT2D eigenvalue weighted by Gasteiger charge is 2.10. The molecule has 138 valence electrons. The van der Waals surface area contributed by atoms with Crippen LogP contribution < -0.4 is 0 Å². The summed E-state index contributed by atoms with van der Waals surface area (Å²) >= 11 is 0. The van der Waals surface area contributed by atoms with Crippen molar-refractivity contribution in [3.63, 3.8) is 0 Å². The van der Waals surface area contributed by atoms with E-state index in [0.717, 1.165) is 32.2 Å². The Morgan fingerprint density at radius 1 is 0.565 bits per heavy atom. The Kier molecular flexibility index (Phi) is 11.1. The van der Waals surface area contributed by atoms with Gasteiger partial charge in [0, 0.05) is 39.3 Å². The van der Waals surface area contributed by atoms with Gasteiger partial charge in [-0.05, 0) is 60.0 Å². The molecule has 0 unspecified atom stereocenters. The first kappa shape index (κ1) is 20.8. The lowest BCUT2D eigenvalue weighted by molar-refractivity contribution is 0.0503. The quantitative estimate of drug-likeness (QED) is 0.664. The summed E-state index contributed by atoms with van der Waals surface area (Å²) < 4.78 is 5.10. The summed E-state index contributed by atoms with van der Waals surface area (Å²) in [6.45, 7) is 13.9. The molecule has 3 saturated heterocycles. The minimum absolute atomic E-state index is 0.913. The molecule has 0 bridgehead atoms. The molecule has 3 rings (SSSR count). The third-order valence-electron chi connectivity index (χ3n) is 4.97. The van der Waals surface area contributed by atoms with Crippen LogP contribution in [0.15, 0.2) is 0 Å². The van der Waals surface area contributed by atoms with Gasteiger partial charge in [0.1, 0.15) is 0 Å². The first-order chi connectivity index (χ1) is 11.0. The number of piperidine rings is 1. The number of ether oxygens (including phenoxy) is 1. The zero-order valence-corrected chi connectivity index (χ0v) is 16.3. The topological polar surface area (TPSA) is 22.2 Å². The molecule has 0 aliphatic carbocycles. The van der Waals surface area contributed by atoms with Gasteiger partial charge < -0.3 is 24.3 Å². The third-order valence-corrected chi connectivity index (χ3v) is 4.97. The van der Waals surface area contributed by atoms with Gasteiger partial charge in [-0.25, -0.2) is 0 Å². The van der Waals surface area contributed by atoms with Crippen LogP contribution in [0.1, 0.15) is 19.8 Å². The first-order valence-corrected chi connectivity index (χ1v) is 9.29. The molecule has 0 saturated carbocycles. The maximum atomic E-state index is 5.10. The summed E-state index contributed by atoms with van der Waals surface area (Å²) in [7, 11) is 8.66. The number of morpholine rings is 1. The molecule has 3 aliphatic rings. The number of nitrogens with zero attached hydrogens (tertiary/aromatic N) is 4. The second-order valence-electron chi connectivity index (χ2n) is 7.51. The molecule has 0 N–H and O–H groups in total. The summed E-state index contributed by atoms with van der Waals surface area (Å²) in [5.41, 5.74) is 0. The van der Waals surface area contributed by atoms with Gasteiger partial charge in [-0.15, -0.1) is 0 Å². The minimum atomic E-state index is 0.913. The minimum Gasteiger partial charge on any atom is -0.379 e. The number of likely N-dealkylation sites (N-methyl/N-ethyl adjacent to an activating group) is 3. The molecular weight excluding hydrogens is 288 g/mol. The number of hydrogen-bond acceptors (Lipinski definition) is 5. The van der Waals surface area contributed by atoms with Crippen molar-refractivity contribution in [3.05, 3.63) is 0 Å². The maximum absolute atomic E-state index is 5.10. The Labute approximate surface area is 144 Å². The number of likely N-dealkylation sites (tertiary alicyclic amines) is 1. The van der Waals surface area contributed by atoms with Crippen molar-refractivity contribution in [1.82, 2.24) is 19.6 Å². The van der Waals surface area contributed by atoms with E-state index in [0.29, 0.717) is 0 Å². The third kappa shape index (κ3) is 11.1. The van der Waals surface area contributed by atoms with E-state index >= 15 is 0 Å². The summed E-state index contributed by atoms with van der Waals surface area (Å²) in [6, 6.07) is 0. The van der Waals surface area contributed by atoms with Gasteiger partial charge in [-0.1, -0.05) is 6.92 Å². The molecule has 0 spiro atoms. The second kappa shape index (κ2) is 12.2. The second-order valence-corrected chi connectivity index (χ2v) is 7.51. The monoisotopic (exact) mass is 328 g/mol. The SMILES string of the molecule is CC1CCN(C)CC1.CN1CCN(C)CC1.CN1CCOCC1. The lowest BCUT2D eigenvalue weighted by Gasteiger charge is -2.28. The van der Waals surface area contributed by atoms with Gasteiger partial charge in [-0.2, -0.15) is 0 Å². The Bertz CT molecular complexity index is 228. The molecule has 3 fully saturated rings. The zero-order chi connectivity index (χ0) is 17.1. The molecule has 3 heterocycles. The molecular formula is C18H40N4O.